The lowest BCUT2D eigenvalue weighted by molar-refractivity contribution is 0.0949. The Hall–Kier alpha value is -1.60. The van der Waals surface area contributed by atoms with E-state index in [0.717, 1.165) is 0 Å². The minimum atomic E-state index is -3.13. The van der Waals surface area contributed by atoms with E-state index in [1.54, 1.807) is 12.1 Å². The number of rotatable bonds is 4. The highest BCUT2D eigenvalue weighted by atomic mass is 32.2. The number of hydrogen-bond acceptors (Lipinski definition) is 4. The van der Waals surface area contributed by atoms with Gasteiger partial charge in [0.25, 0.3) is 5.91 Å². The number of sulfonamides is 1. The summed E-state index contributed by atoms with van der Waals surface area (Å²) in [5, 5.41) is 12.1. The average Bonchev–Trinajstić information content (AvgIpc) is 2.69. The molecule has 0 radical (unpaired) electrons. The molecule has 104 valence electrons. The van der Waals surface area contributed by atoms with Crippen molar-refractivity contribution in [1.82, 2.24) is 9.62 Å². The van der Waals surface area contributed by atoms with Gasteiger partial charge in [-0.15, -0.1) is 0 Å². The second kappa shape index (κ2) is 5.58. The van der Waals surface area contributed by atoms with Crippen LogP contribution in [0.1, 0.15) is 16.8 Å². The Balaban J connectivity index is 1.87. The fourth-order valence-electron chi connectivity index (χ4n) is 2.00. The van der Waals surface area contributed by atoms with E-state index in [9.17, 15) is 18.3 Å². The molecule has 1 amide bonds. The number of phenols is 1. The molecule has 0 spiro atoms. The van der Waals surface area contributed by atoms with Crippen LogP contribution in [0.15, 0.2) is 24.3 Å². The SMILES string of the molecule is O=C(NCCN1CCCS1(=O)=O)c1ccccc1O. The van der Waals surface area contributed by atoms with Crippen LogP contribution in [0.5, 0.6) is 5.75 Å². The van der Waals surface area contributed by atoms with Gasteiger partial charge in [-0.3, -0.25) is 4.79 Å². The van der Waals surface area contributed by atoms with Gasteiger partial charge >= 0.3 is 0 Å². The molecule has 2 N–H and O–H groups in total. The first-order valence-corrected chi connectivity index (χ1v) is 7.65. The number of hydrogen-bond donors (Lipinski definition) is 2. The number of nitrogens with zero attached hydrogens (tertiary/aromatic N) is 1. The maximum absolute atomic E-state index is 11.8. The van der Waals surface area contributed by atoms with Crippen molar-refractivity contribution in [1.29, 1.82) is 0 Å². The molecule has 0 atom stereocenters. The first-order valence-electron chi connectivity index (χ1n) is 6.05. The third kappa shape index (κ3) is 3.24. The van der Waals surface area contributed by atoms with Crippen LogP contribution in [-0.4, -0.2) is 49.1 Å². The van der Waals surface area contributed by atoms with E-state index in [1.165, 1.54) is 16.4 Å². The summed E-state index contributed by atoms with van der Waals surface area (Å²) in [5.41, 5.74) is 0.187. The summed E-state index contributed by atoms with van der Waals surface area (Å²) in [7, 11) is -3.13. The molecule has 0 unspecified atom stereocenters. The van der Waals surface area contributed by atoms with Crippen molar-refractivity contribution in [3.8, 4) is 5.75 Å². The van der Waals surface area contributed by atoms with Crippen molar-refractivity contribution in [2.45, 2.75) is 6.42 Å². The highest BCUT2D eigenvalue weighted by molar-refractivity contribution is 7.89. The van der Waals surface area contributed by atoms with Crippen LogP contribution < -0.4 is 5.32 Å². The Morgan fingerprint density at radius 3 is 2.74 bits per heavy atom. The topological polar surface area (TPSA) is 86.7 Å². The van der Waals surface area contributed by atoms with Gasteiger partial charge in [0, 0.05) is 19.6 Å². The monoisotopic (exact) mass is 284 g/mol. The Morgan fingerprint density at radius 2 is 2.11 bits per heavy atom. The summed E-state index contributed by atoms with van der Waals surface area (Å²) in [6.07, 6.45) is 0.635. The van der Waals surface area contributed by atoms with Gasteiger partial charge in [0.05, 0.1) is 11.3 Å². The molecule has 1 saturated heterocycles. The number of aromatic hydroxyl groups is 1. The normalized spacial score (nSPS) is 18.3. The third-order valence-corrected chi connectivity index (χ3v) is 4.96. The Morgan fingerprint density at radius 1 is 1.37 bits per heavy atom. The lowest BCUT2D eigenvalue weighted by Gasteiger charge is -2.14. The van der Waals surface area contributed by atoms with Gasteiger partial charge < -0.3 is 10.4 Å². The molecule has 6 nitrogen and oxygen atoms in total. The highest BCUT2D eigenvalue weighted by Crippen LogP contribution is 2.15. The Kier molecular flexibility index (Phi) is 4.06. The van der Waals surface area contributed by atoms with E-state index in [1.807, 2.05) is 0 Å². The number of benzene rings is 1. The molecule has 2 rings (SSSR count). The number of para-hydroxylation sites is 1. The molecule has 1 heterocycles. The van der Waals surface area contributed by atoms with Crippen LogP contribution in [-0.2, 0) is 10.0 Å². The quantitative estimate of drug-likeness (QED) is 0.824. The maximum atomic E-state index is 11.8. The minimum absolute atomic E-state index is 0.0891. The van der Waals surface area contributed by atoms with Crippen molar-refractivity contribution in [2.75, 3.05) is 25.4 Å². The lowest BCUT2D eigenvalue weighted by Crippen LogP contribution is -2.35. The molecule has 0 saturated carbocycles. The maximum Gasteiger partial charge on any atom is 0.255 e. The summed E-state index contributed by atoms with van der Waals surface area (Å²) in [6.45, 7) is 1.00. The van der Waals surface area contributed by atoms with Crippen LogP contribution in [0.2, 0.25) is 0 Å². The van der Waals surface area contributed by atoms with E-state index in [2.05, 4.69) is 5.32 Å². The summed E-state index contributed by atoms with van der Waals surface area (Å²) < 4.78 is 24.4. The van der Waals surface area contributed by atoms with Crippen molar-refractivity contribution in [3.05, 3.63) is 29.8 Å². The zero-order valence-corrected chi connectivity index (χ0v) is 11.2. The van der Waals surface area contributed by atoms with Gasteiger partial charge in [-0.1, -0.05) is 12.1 Å². The van der Waals surface area contributed by atoms with Crippen LogP contribution >= 0.6 is 0 Å². The molecule has 7 heteroatoms. The number of carbonyl (C=O) groups is 1. The second-order valence-corrected chi connectivity index (χ2v) is 6.43. The lowest BCUT2D eigenvalue weighted by atomic mass is 10.2. The Labute approximate surface area is 112 Å². The number of phenolic OH excluding ortho intramolecular Hbond substituents is 1. The van der Waals surface area contributed by atoms with Crippen LogP contribution in [0.25, 0.3) is 0 Å². The molecule has 0 bridgehead atoms. The van der Waals surface area contributed by atoms with Gasteiger partial charge in [0.2, 0.25) is 10.0 Å². The van der Waals surface area contributed by atoms with Crippen molar-refractivity contribution >= 4 is 15.9 Å². The third-order valence-electron chi connectivity index (χ3n) is 3.00. The van der Waals surface area contributed by atoms with Gasteiger partial charge in [0.1, 0.15) is 5.75 Å². The van der Waals surface area contributed by atoms with Crippen LogP contribution in [0.3, 0.4) is 0 Å². The molecule has 0 aromatic heterocycles. The molecule has 1 aliphatic heterocycles. The van der Waals surface area contributed by atoms with Gasteiger partial charge in [-0.2, -0.15) is 0 Å². The Bertz CT molecular complexity index is 571. The van der Waals surface area contributed by atoms with Gasteiger partial charge in [-0.25, -0.2) is 12.7 Å². The number of carbonyl (C=O) groups excluding carboxylic acids is 1. The van der Waals surface area contributed by atoms with E-state index in [0.29, 0.717) is 13.0 Å². The van der Waals surface area contributed by atoms with Crippen molar-refractivity contribution in [2.24, 2.45) is 0 Å². The molecule has 1 aromatic rings. The molecule has 1 aromatic carbocycles. The van der Waals surface area contributed by atoms with E-state index in [4.69, 9.17) is 0 Å². The summed E-state index contributed by atoms with van der Waals surface area (Å²) >= 11 is 0. The van der Waals surface area contributed by atoms with E-state index in [-0.39, 0.29) is 30.2 Å². The molecule has 1 aliphatic rings. The summed E-state index contributed by atoms with van der Waals surface area (Å²) in [6, 6.07) is 6.22. The first kappa shape index (κ1) is 13.8. The number of amides is 1. The van der Waals surface area contributed by atoms with Crippen molar-refractivity contribution in [3.63, 3.8) is 0 Å². The smallest absolute Gasteiger partial charge is 0.255 e. The van der Waals surface area contributed by atoms with Crippen LogP contribution in [0, 0.1) is 0 Å². The largest absolute Gasteiger partial charge is 0.507 e. The van der Waals surface area contributed by atoms with E-state index < -0.39 is 15.9 Å². The summed E-state index contributed by atoms with van der Waals surface area (Å²) in [4.78, 5) is 11.8. The summed E-state index contributed by atoms with van der Waals surface area (Å²) in [5.74, 6) is -0.316. The van der Waals surface area contributed by atoms with Crippen molar-refractivity contribution < 1.29 is 18.3 Å². The molecule has 19 heavy (non-hydrogen) atoms. The fraction of sp³-hybridized carbons (Fsp3) is 0.417. The predicted octanol–water partition coefficient (Wildman–Crippen LogP) is 0.158. The zero-order valence-electron chi connectivity index (χ0n) is 10.4. The fourth-order valence-corrected chi connectivity index (χ4v) is 3.53. The molecular formula is C12H16N2O4S. The average molecular weight is 284 g/mol. The number of nitrogens with one attached hydrogen (secondary N) is 1. The van der Waals surface area contributed by atoms with Crippen LogP contribution in [0.4, 0.5) is 0 Å². The highest BCUT2D eigenvalue weighted by Gasteiger charge is 2.27. The molecular weight excluding hydrogens is 268 g/mol. The predicted molar refractivity (Wildman–Crippen MR) is 70.4 cm³/mol. The molecule has 1 fully saturated rings. The van der Waals surface area contributed by atoms with Gasteiger partial charge in [0.15, 0.2) is 0 Å². The molecule has 0 aliphatic carbocycles. The minimum Gasteiger partial charge on any atom is -0.507 e. The van der Waals surface area contributed by atoms with E-state index >= 15 is 0 Å². The second-order valence-electron chi connectivity index (χ2n) is 4.34. The zero-order chi connectivity index (χ0) is 13.9. The standard InChI is InChI=1S/C12H16N2O4S/c15-11-5-2-1-4-10(11)12(16)13-6-8-14-7-3-9-19(14,17)18/h1-2,4-5,15H,3,6-9H2,(H,13,16). The first-order chi connectivity index (χ1) is 9.00. The van der Waals surface area contributed by atoms with Gasteiger partial charge in [-0.05, 0) is 18.6 Å².